The van der Waals surface area contributed by atoms with Crippen molar-refractivity contribution in [1.82, 2.24) is 9.88 Å². The Labute approximate surface area is 136 Å². The quantitative estimate of drug-likeness (QED) is 0.768. The van der Waals surface area contributed by atoms with Gasteiger partial charge in [0.05, 0.1) is 15.3 Å². The highest BCUT2D eigenvalue weighted by Gasteiger charge is 2.16. The summed E-state index contributed by atoms with van der Waals surface area (Å²) in [5, 5.41) is 14.1. The van der Waals surface area contributed by atoms with E-state index in [-0.39, 0.29) is 12.5 Å². The number of carbonyl (C=O) groups excluding carboxylic acids is 1. The van der Waals surface area contributed by atoms with Crippen LogP contribution in [0.15, 0.2) is 42.6 Å². The summed E-state index contributed by atoms with van der Waals surface area (Å²) >= 11 is 7.04. The van der Waals surface area contributed by atoms with Gasteiger partial charge in [0.1, 0.15) is 0 Å². The average Bonchev–Trinajstić information content (AvgIpc) is 3.09. The first-order valence-corrected chi connectivity index (χ1v) is 8.01. The fourth-order valence-electron chi connectivity index (χ4n) is 2.46. The van der Waals surface area contributed by atoms with Crippen molar-refractivity contribution in [3.05, 3.63) is 57.4 Å². The number of thiophene rings is 1. The lowest BCUT2D eigenvalue weighted by Crippen LogP contribution is -2.27. The minimum atomic E-state index is -0.759. The molecule has 2 aromatic heterocycles. The Morgan fingerprint density at radius 2 is 2.14 bits per heavy atom. The molecule has 6 heteroatoms. The van der Waals surface area contributed by atoms with Gasteiger partial charge in [-0.1, -0.05) is 29.8 Å². The number of hydrogen-bond donors (Lipinski definition) is 2. The number of aryl methyl sites for hydroxylation is 1. The van der Waals surface area contributed by atoms with E-state index in [0.717, 1.165) is 16.5 Å². The van der Waals surface area contributed by atoms with Crippen LogP contribution in [0.3, 0.4) is 0 Å². The molecule has 114 valence electrons. The Hall–Kier alpha value is -1.82. The van der Waals surface area contributed by atoms with Crippen molar-refractivity contribution in [1.29, 1.82) is 0 Å². The third-order valence-electron chi connectivity index (χ3n) is 3.54. The molecule has 0 spiro atoms. The zero-order valence-electron chi connectivity index (χ0n) is 11.9. The van der Waals surface area contributed by atoms with Crippen LogP contribution in [0.1, 0.15) is 21.3 Å². The van der Waals surface area contributed by atoms with E-state index in [9.17, 15) is 9.90 Å². The van der Waals surface area contributed by atoms with Gasteiger partial charge < -0.3 is 15.0 Å². The molecule has 0 unspecified atom stereocenters. The van der Waals surface area contributed by atoms with Gasteiger partial charge in [0.25, 0.3) is 5.91 Å². The van der Waals surface area contributed by atoms with E-state index in [1.165, 1.54) is 11.3 Å². The highest BCUT2D eigenvalue weighted by atomic mass is 35.5. The third-order valence-corrected chi connectivity index (χ3v) is 4.77. The summed E-state index contributed by atoms with van der Waals surface area (Å²) in [5.41, 5.74) is 1.86. The van der Waals surface area contributed by atoms with E-state index in [0.29, 0.717) is 9.21 Å². The maximum absolute atomic E-state index is 12.0. The number of fused-ring (bicyclic) bond motifs is 1. The number of para-hydroxylation sites is 1. The van der Waals surface area contributed by atoms with Gasteiger partial charge in [-0.3, -0.25) is 4.79 Å². The fraction of sp³-hybridized carbons (Fsp3) is 0.188. The molecule has 1 atom stereocenters. The summed E-state index contributed by atoms with van der Waals surface area (Å²) in [6, 6.07) is 11.2. The summed E-state index contributed by atoms with van der Waals surface area (Å²) < 4.78 is 2.54. The molecule has 0 aliphatic carbocycles. The summed E-state index contributed by atoms with van der Waals surface area (Å²) in [5.74, 6) is -0.226. The van der Waals surface area contributed by atoms with Gasteiger partial charge >= 0.3 is 0 Å². The molecule has 0 radical (unpaired) electrons. The topological polar surface area (TPSA) is 54.3 Å². The predicted octanol–water partition coefficient (Wildman–Crippen LogP) is 3.36. The van der Waals surface area contributed by atoms with Crippen molar-refractivity contribution in [3.63, 3.8) is 0 Å². The number of aliphatic hydroxyl groups is 1. The number of benzene rings is 1. The van der Waals surface area contributed by atoms with Crippen LogP contribution in [0.2, 0.25) is 4.34 Å². The van der Waals surface area contributed by atoms with Crippen molar-refractivity contribution < 1.29 is 9.90 Å². The van der Waals surface area contributed by atoms with Crippen LogP contribution in [-0.2, 0) is 7.05 Å². The van der Waals surface area contributed by atoms with Gasteiger partial charge in [-0.05, 0) is 18.2 Å². The Kier molecular flexibility index (Phi) is 4.20. The monoisotopic (exact) mass is 334 g/mol. The lowest BCUT2D eigenvalue weighted by molar-refractivity contribution is 0.0921. The maximum atomic E-state index is 12.0. The van der Waals surface area contributed by atoms with Gasteiger partial charge in [-0.2, -0.15) is 0 Å². The van der Waals surface area contributed by atoms with Gasteiger partial charge in [-0.25, -0.2) is 0 Å². The highest BCUT2D eigenvalue weighted by molar-refractivity contribution is 7.17. The summed E-state index contributed by atoms with van der Waals surface area (Å²) in [7, 11) is 1.94. The van der Waals surface area contributed by atoms with Crippen molar-refractivity contribution in [2.45, 2.75) is 6.10 Å². The standard InChI is InChI=1S/C16H15ClN2O2S/c1-19-9-11(10-4-2-3-5-12(10)19)13(20)8-18-16(21)14-6-7-15(17)22-14/h2-7,9,13,20H,8H2,1H3,(H,18,21)/t13-/m0/s1. The van der Waals surface area contributed by atoms with Crippen LogP contribution in [0.25, 0.3) is 10.9 Å². The molecule has 0 bridgehead atoms. The Morgan fingerprint density at radius 3 is 2.86 bits per heavy atom. The van der Waals surface area contributed by atoms with Gasteiger partial charge in [0, 0.05) is 36.3 Å². The fourth-order valence-corrected chi connectivity index (χ4v) is 3.42. The third kappa shape index (κ3) is 2.88. The van der Waals surface area contributed by atoms with Gasteiger partial charge in [0.15, 0.2) is 0 Å². The van der Waals surface area contributed by atoms with Crippen LogP contribution in [0.5, 0.6) is 0 Å². The molecule has 2 N–H and O–H groups in total. The lowest BCUT2D eigenvalue weighted by atomic mass is 10.1. The van der Waals surface area contributed by atoms with Crippen molar-refractivity contribution in [3.8, 4) is 0 Å². The first-order valence-electron chi connectivity index (χ1n) is 6.82. The summed E-state index contributed by atoms with van der Waals surface area (Å²) in [6.07, 6.45) is 1.13. The Balaban J connectivity index is 1.74. The number of hydrogen-bond acceptors (Lipinski definition) is 3. The molecule has 22 heavy (non-hydrogen) atoms. The molecule has 0 aliphatic rings. The molecule has 1 aromatic carbocycles. The number of rotatable bonds is 4. The molecule has 3 aromatic rings. The van der Waals surface area contributed by atoms with Crippen molar-refractivity contribution in [2.75, 3.05) is 6.54 Å². The number of amides is 1. The molecule has 4 nitrogen and oxygen atoms in total. The summed E-state index contributed by atoms with van der Waals surface area (Å²) in [4.78, 5) is 12.5. The molecule has 0 aliphatic heterocycles. The van der Waals surface area contributed by atoms with Crippen molar-refractivity contribution >= 4 is 39.7 Å². The number of carbonyl (C=O) groups is 1. The van der Waals surface area contributed by atoms with E-state index in [1.54, 1.807) is 12.1 Å². The van der Waals surface area contributed by atoms with E-state index in [4.69, 9.17) is 11.6 Å². The van der Waals surface area contributed by atoms with Crippen LogP contribution in [-0.4, -0.2) is 22.1 Å². The van der Waals surface area contributed by atoms with Crippen LogP contribution >= 0.6 is 22.9 Å². The van der Waals surface area contributed by atoms with Crippen molar-refractivity contribution in [2.24, 2.45) is 7.05 Å². The molecule has 0 saturated heterocycles. The maximum Gasteiger partial charge on any atom is 0.261 e. The molecular formula is C16H15ClN2O2S. The molecule has 0 fully saturated rings. The molecule has 3 rings (SSSR count). The van der Waals surface area contributed by atoms with Gasteiger partial charge in [0.2, 0.25) is 0 Å². The molecule has 0 saturated carbocycles. The molecule has 2 heterocycles. The van der Waals surface area contributed by atoms with E-state index >= 15 is 0 Å². The summed E-state index contributed by atoms with van der Waals surface area (Å²) in [6.45, 7) is 0.155. The van der Waals surface area contributed by atoms with Crippen LogP contribution in [0.4, 0.5) is 0 Å². The normalized spacial score (nSPS) is 12.5. The number of nitrogens with one attached hydrogen (secondary N) is 1. The van der Waals surface area contributed by atoms with Crippen LogP contribution in [0, 0.1) is 0 Å². The minimum Gasteiger partial charge on any atom is -0.386 e. The van der Waals surface area contributed by atoms with E-state index in [2.05, 4.69) is 5.32 Å². The highest BCUT2D eigenvalue weighted by Crippen LogP contribution is 2.26. The average molecular weight is 335 g/mol. The number of aliphatic hydroxyl groups excluding tert-OH is 1. The smallest absolute Gasteiger partial charge is 0.261 e. The lowest BCUT2D eigenvalue weighted by Gasteiger charge is -2.10. The van der Waals surface area contributed by atoms with Gasteiger partial charge in [-0.15, -0.1) is 11.3 Å². The van der Waals surface area contributed by atoms with Crippen LogP contribution < -0.4 is 5.32 Å². The van der Waals surface area contributed by atoms with E-state index < -0.39 is 6.10 Å². The second-order valence-corrected chi connectivity index (χ2v) is 6.76. The predicted molar refractivity (Wildman–Crippen MR) is 89.5 cm³/mol. The Bertz CT molecular complexity index is 825. The first kappa shape index (κ1) is 15.1. The largest absolute Gasteiger partial charge is 0.386 e. The van der Waals surface area contributed by atoms with E-state index in [1.807, 2.05) is 42.1 Å². The number of halogens is 1. The zero-order valence-corrected chi connectivity index (χ0v) is 13.5. The number of nitrogens with zero attached hydrogens (tertiary/aromatic N) is 1. The molecular weight excluding hydrogens is 320 g/mol. The second kappa shape index (κ2) is 6.12. The minimum absolute atomic E-state index is 0.155. The second-order valence-electron chi connectivity index (χ2n) is 5.04. The first-order chi connectivity index (χ1) is 10.6. The number of aromatic nitrogens is 1. The molecule has 1 amide bonds. The zero-order chi connectivity index (χ0) is 15.7. The Morgan fingerprint density at radius 1 is 1.36 bits per heavy atom. The SMILES string of the molecule is Cn1cc([C@@H](O)CNC(=O)c2ccc(Cl)s2)c2ccccc21.